The van der Waals surface area contributed by atoms with Crippen LogP contribution >= 0.6 is 0 Å². The fourth-order valence-electron chi connectivity index (χ4n) is 3.82. The van der Waals surface area contributed by atoms with E-state index in [1.807, 2.05) is 60.7 Å². The molecular weight excluding hydrogens is 456 g/mol. The third kappa shape index (κ3) is 6.27. The summed E-state index contributed by atoms with van der Waals surface area (Å²) >= 11 is 0. The highest BCUT2D eigenvalue weighted by molar-refractivity contribution is 6.07. The molecule has 0 aliphatic rings. The molecule has 3 aromatic carbocycles. The van der Waals surface area contributed by atoms with E-state index in [0.717, 1.165) is 11.1 Å². The first-order valence-electron chi connectivity index (χ1n) is 11.5. The van der Waals surface area contributed by atoms with Crippen LogP contribution in [0.3, 0.4) is 0 Å². The zero-order chi connectivity index (χ0) is 25.3. The number of anilines is 1. The van der Waals surface area contributed by atoms with Crippen molar-refractivity contribution in [3.05, 3.63) is 125 Å². The predicted octanol–water partition coefficient (Wildman–Crippen LogP) is 5.10. The minimum absolute atomic E-state index is 0.113. The largest absolute Gasteiger partial charge is 0.459 e. The highest BCUT2D eigenvalue weighted by Crippen LogP contribution is 2.23. The van der Waals surface area contributed by atoms with Crippen molar-refractivity contribution in [2.45, 2.75) is 19.4 Å². The summed E-state index contributed by atoms with van der Waals surface area (Å²) in [7, 11) is 0. The maximum absolute atomic E-state index is 12.9. The third-order valence-corrected chi connectivity index (χ3v) is 5.63. The number of hydrogen-bond acceptors (Lipinski definition) is 5. The molecule has 4 rings (SSSR count). The first-order chi connectivity index (χ1) is 17.5. The van der Waals surface area contributed by atoms with Gasteiger partial charge in [0.15, 0.2) is 12.4 Å². The van der Waals surface area contributed by atoms with Crippen LogP contribution < -0.4 is 10.6 Å². The van der Waals surface area contributed by atoms with Gasteiger partial charge in [0.2, 0.25) is 0 Å². The molecule has 182 valence electrons. The summed E-state index contributed by atoms with van der Waals surface area (Å²) < 4.78 is 10.4. The van der Waals surface area contributed by atoms with E-state index in [0.29, 0.717) is 17.7 Å². The molecule has 0 radical (unpaired) electrons. The number of benzene rings is 3. The van der Waals surface area contributed by atoms with Crippen molar-refractivity contribution in [1.29, 1.82) is 0 Å². The first-order valence-corrected chi connectivity index (χ1v) is 11.5. The van der Waals surface area contributed by atoms with E-state index >= 15 is 0 Å². The molecule has 2 amide bonds. The number of nitrogens with one attached hydrogen (secondary N) is 2. The molecule has 1 atom stereocenters. The van der Waals surface area contributed by atoms with Gasteiger partial charge < -0.3 is 19.8 Å². The van der Waals surface area contributed by atoms with Crippen molar-refractivity contribution < 1.29 is 23.5 Å². The zero-order valence-electron chi connectivity index (χ0n) is 19.8. The van der Waals surface area contributed by atoms with Crippen LogP contribution in [0, 0.1) is 6.92 Å². The molecule has 0 spiro atoms. The monoisotopic (exact) mass is 482 g/mol. The van der Waals surface area contributed by atoms with Gasteiger partial charge in [-0.1, -0.05) is 72.8 Å². The number of aryl methyl sites for hydroxylation is 1. The van der Waals surface area contributed by atoms with Crippen LogP contribution in [0.5, 0.6) is 0 Å². The van der Waals surface area contributed by atoms with Gasteiger partial charge in [0.25, 0.3) is 11.8 Å². The van der Waals surface area contributed by atoms with Gasteiger partial charge in [0.05, 0.1) is 23.6 Å². The van der Waals surface area contributed by atoms with Crippen molar-refractivity contribution in [2.75, 3.05) is 11.9 Å². The lowest BCUT2D eigenvalue weighted by atomic mass is 9.99. The van der Waals surface area contributed by atoms with E-state index in [-0.39, 0.29) is 17.4 Å². The van der Waals surface area contributed by atoms with Gasteiger partial charge in [-0.2, -0.15) is 0 Å². The lowest BCUT2D eigenvalue weighted by molar-refractivity contribution is -0.125. The van der Waals surface area contributed by atoms with E-state index in [2.05, 4.69) is 10.6 Å². The lowest BCUT2D eigenvalue weighted by Crippen LogP contribution is -2.33. The van der Waals surface area contributed by atoms with Crippen LogP contribution in [-0.2, 0) is 16.0 Å². The van der Waals surface area contributed by atoms with Crippen molar-refractivity contribution in [2.24, 2.45) is 0 Å². The summed E-state index contributed by atoms with van der Waals surface area (Å²) in [5, 5.41) is 5.66. The highest BCUT2D eigenvalue weighted by Gasteiger charge is 2.21. The summed E-state index contributed by atoms with van der Waals surface area (Å²) in [5.74, 6) is -1.53. The normalized spacial score (nSPS) is 11.4. The summed E-state index contributed by atoms with van der Waals surface area (Å²) in [5.41, 5.74) is 3.13. The molecule has 0 saturated heterocycles. The van der Waals surface area contributed by atoms with Crippen LogP contribution in [0.2, 0.25) is 0 Å². The van der Waals surface area contributed by atoms with E-state index < -0.39 is 24.4 Å². The van der Waals surface area contributed by atoms with Crippen LogP contribution in [-0.4, -0.2) is 24.4 Å². The number of para-hydroxylation sites is 1. The third-order valence-electron chi connectivity index (χ3n) is 5.63. The minimum atomic E-state index is -0.720. The average Bonchev–Trinajstić information content (AvgIpc) is 3.44. The van der Waals surface area contributed by atoms with Crippen molar-refractivity contribution >= 4 is 23.5 Å². The maximum Gasteiger partial charge on any atom is 0.340 e. The molecule has 2 N–H and O–H groups in total. The van der Waals surface area contributed by atoms with Crippen molar-refractivity contribution in [3.8, 4) is 0 Å². The number of carbonyl (C=O) groups excluding carboxylic acids is 3. The molecule has 4 aromatic rings. The van der Waals surface area contributed by atoms with Gasteiger partial charge in [-0.05, 0) is 48.2 Å². The highest BCUT2D eigenvalue weighted by atomic mass is 16.5. The predicted molar refractivity (Wildman–Crippen MR) is 136 cm³/mol. The molecule has 7 heteroatoms. The van der Waals surface area contributed by atoms with Crippen LogP contribution in [0.25, 0.3) is 0 Å². The van der Waals surface area contributed by atoms with Gasteiger partial charge in [-0.3, -0.25) is 9.59 Å². The zero-order valence-corrected chi connectivity index (χ0v) is 19.8. The number of esters is 1. The van der Waals surface area contributed by atoms with Gasteiger partial charge >= 0.3 is 5.97 Å². The van der Waals surface area contributed by atoms with Gasteiger partial charge in [0.1, 0.15) is 0 Å². The fourth-order valence-corrected chi connectivity index (χ4v) is 3.82. The Bertz CT molecular complexity index is 1320. The lowest BCUT2D eigenvalue weighted by Gasteiger charge is -2.20. The first kappa shape index (κ1) is 24.5. The molecule has 0 saturated carbocycles. The molecular formula is C29H26N2O5. The van der Waals surface area contributed by atoms with Crippen molar-refractivity contribution in [3.63, 3.8) is 0 Å². The molecule has 1 unspecified atom stereocenters. The van der Waals surface area contributed by atoms with Crippen molar-refractivity contribution in [1.82, 2.24) is 5.32 Å². The van der Waals surface area contributed by atoms with Crippen LogP contribution in [0.15, 0.2) is 102 Å². The Morgan fingerprint density at radius 2 is 1.58 bits per heavy atom. The standard InChI is InChI=1S/C29H26N2O5/c1-20-10-8-15-23(27(20)31-28(33)25-16-9-17-35-25)29(34)36-19-26(32)30-24(22-13-6-3-7-14-22)18-21-11-4-2-5-12-21/h2-17,24H,18-19H2,1H3,(H,30,32)(H,31,33). The Labute approximate surface area is 209 Å². The Morgan fingerprint density at radius 1 is 0.861 bits per heavy atom. The maximum atomic E-state index is 12.9. The molecule has 36 heavy (non-hydrogen) atoms. The van der Waals surface area contributed by atoms with E-state index in [4.69, 9.17) is 9.15 Å². The topological polar surface area (TPSA) is 97.6 Å². The summed E-state index contributed by atoms with van der Waals surface area (Å²) in [6.45, 7) is 1.30. The molecule has 0 aliphatic heterocycles. The number of carbonyl (C=O) groups is 3. The SMILES string of the molecule is Cc1cccc(C(=O)OCC(=O)NC(Cc2ccccc2)c2ccccc2)c1NC(=O)c1ccco1. The molecule has 0 aliphatic carbocycles. The Kier molecular flexibility index (Phi) is 7.93. The van der Waals surface area contributed by atoms with Crippen LogP contribution in [0.4, 0.5) is 5.69 Å². The molecule has 0 bridgehead atoms. The smallest absolute Gasteiger partial charge is 0.340 e. The molecule has 0 fully saturated rings. The summed E-state index contributed by atoms with van der Waals surface area (Å²) in [4.78, 5) is 38.1. The molecule has 7 nitrogen and oxygen atoms in total. The van der Waals surface area contributed by atoms with E-state index in [1.165, 1.54) is 18.4 Å². The second-order valence-electron chi connectivity index (χ2n) is 8.23. The Balaban J connectivity index is 1.42. The minimum Gasteiger partial charge on any atom is -0.459 e. The van der Waals surface area contributed by atoms with E-state index in [9.17, 15) is 14.4 Å². The average molecular weight is 483 g/mol. The fraction of sp³-hybridized carbons (Fsp3) is 0.138. The number of ether oxygens (including phenoxy) is 1. The number of rotatable bonds is 9. The Hall–Kier alpha value is -4.65. The van der Waals surface area contributed by atoms with Gasteiger partial charge in [0, 0.05) is 0 Å². The second kappa shape index (κ2) is 11.7. The second-order valence-corrected chi connectivity index (χ2v) is 8.23. The summed E-state index contributed by atoms with van der Waals surface area (Å²) in [6.07, 6.45) is 1.98. The molecule has 1 heterocycles. The van der Waals surface area contributed by atoms with E-state index in [1.54, 1.807) is 25.1 Å². The van der Waals surface area contributed by atoms with Crippen LogP contribution in [0.1, 0.15) is 43.6 Å². The number of amides is 2. The summed E-state index contributed by atoms with van der Waals surface area (Å²) in [6, 6.07) is 27.3. The van der Waals surface area contributed by atoms with Gasteiger partial charge in [-0.25, -0.2) is 4.79 Å². The number of hydrogen-bond donors (Lipinski definition) is 2. The molecule has 1 aromatic heterocycles. The quantitative estimate of drug-likeness (QED) is 0.324. The Morgan fingerprint density at radius 3 is 2.28 bits per heavy atom. The van der Waals surface area contributed by atoms with Gasteiger partial charge in [-0.15, -0.1) is 0 Å². The number of furan rings is 1.